The van der Waals surface area contributed by atoms with E-state index in [-0.39, 0.29) is 0 Å². The monoisotopic (exact) mass is 390 g/mol. The number of ether oxygens (including phenoxy) is 2. The maximum Gasteiger partial charge on any atom is 0.243 e. The van der Waals surface area contributed by atoms with Crippen LogP contribution in [0.5, 0.6) is 11.5 Å². The molecule has 1 fully saturated rings. The van der Waals surface area contributed by atoms with Gasteiger partial charge in [0.15, 0.2) is 0 Å². The molecule has 6 nitrogen and oxygen atoms in total. The highest BCUT2D eigenvalue weighted by Gasteiger charge is 2.29. The van der Waals surface area contributed by atoms with Gasteiger partial charge in [-0.2, -0.15) is 4.31 Å². The first-order valence-electron chi connectivity index (χ1n) is 9.08. The second-order valence-corrected chi connectivity index (χ2v) is 8.39. The molecular weight excluding hydrogens is 364 g/mol. The zero-order chi connectivity index (χ0) is 19.4. The Bertz CT molecular complexity index is 873. The normalized spacial score (nSPS) is 15.6. The number of benzene rings is 2. The summed E-state index contributed by atoms with van der Waals surface area (Å²) >= 11 is 0. The molecule has 0 bridgehead atoms. The molecule has 7 heteroatoms. The summed E-state index contributed by atoms with van der Waals surface area (Å²) in [5, 5.41) is 0. The van der Waals surface area contributed by atoms with Crippen LogP contribution in [0.3, 0.4) is 0 Å². The molecule has 2 aromatic carbocycles. The van der Waals surface area contributed by atoms with E-state index in [1.165, 1.54) is 0 Å². The lowest BCUT2D eigenvalue weighted by Gasteiger charge is -2.35. The molecule has 146 valence electrons. The van der Waals surface area contributed by atoms with Crippen molar-refractivity contribution < 1.29 is 17.9 Å². The van der Waals surface area contributed by atoms with E-state index < -0.39 is 10.0 Å². The molecular formula is C20H26N2O4S. The van der Waals surface area contributed by atoms with Crippen molar-refractivity contribution in [2.24, 2.45) is 0 Å². The highest BCUT2D eigenvalue weighted by Crippen LogP contribution is 2.26. The maximum absolute atomic E-state index is 13.0. The SMILES string of the molecule is CCOc1ccc(S(=O)(=O)N2CCN(c3ccc(OC)cc3)CC2)cc1C. The fourth-order valence-corrected chi connectivity index (χ4v) is 4.74. The first kappa shape index (κ1) is 19.5. The number of piperazine rings is 1. The zero-order valence-electron chi connectivity index (χ0n) is 16.0. The predicted molar refractivity (Wildman–Crippen MR) is 106 cm³/mol. The first-order valence-corrected chi connectivity index (χ1v) is 10.5. The Morgan fingerprint density at radius 3 is 2.22 bits per heavy atom. The third-order valence-corrected chi connectivity index (χ3v) is 6.65. The Morgan fingerprint density at radius 2 is 1.67 bits per heavy atom. The van der Waals surface area contributed by atoms with Gasteiger partial charge in [-0.15, -0.1) is 0 Å². The van der Waals surface area contributed by atoms with Gasteiger partial charge in [-0.1, -0.05) is 0 Å². The van der Waals surface area contributed by atoms with Crippen LogP contribution >= 0.6 is 0 Å². The van der Waals surface area contributed by atoms with Crippen molar-refractivity contribution in [3.05, 3.63) is 48.0 Å². The van der Waals surface area contributed by atoms with Crippen LogP contribution < -0.4 is 14.4 Å². The van der Waals surface area contributed by atoms with E-state index in [0.29, 0.717) is 37.7 Å². The second kappa shape index (κ2) is 8.19. The molecule has 0 amide bonds. The van der Waals surface area contributed by atoms with Crippen LogP contribution in [0.25, 0.3) is 0 Å². The summed E-state index contributed by atoms with van der Waals surface area (Å²) in [5.41, 5.74) is 1.90. The Hall–Kier alpha value is -2.25. The van der Waals surface area contributed by atoms with Crippen molar-refractivity contribution in [1.82, 2.24) is 4.31 Å². The topological polar surface area (TPSA) is 59.1 Å². The fraction of sp³-hybridized carbons (Fsp3) is 0.400. The maximum atomic E-state index is 13.0. The van der Waals surface area contributed by atoms with Gasteiger partial charge in [-0.3, -0.25) is 0 Å². The van der Waals surface area contributed by atoms with Crippen LogP contribution in [0.2, 0.25) is 0 Å². The van der Waals surface area contributed by atoms with Gasteiger partial charge in [0.25, 0.3) is 0 Å². The minimum atomic E-state index is -3.50. The minimum Gasteiger partial charge on any atom is -0.497 e. The number of hydrogen-bond donors (Lipinski definition) is 0. The van der Waals surface area contributed by atoms with Gasteiger partial charge < -0.3 is 14.4 Å². The van der Waals surface area contributed by atoms with Crippen molar-refractivity contribution in [2.45, 2.75) is 18.7 Å². The number of methoxy groups -OCH3 is 1. The molecule has 1 heterocycles. The summed E-state index contributed by atoms with van der Waals surface area (Å²) < 4.78 is 38.2. The highest BCUT2D eigenvalue weighted by molar-refractivity contribution is 7.89. The molecule has 1 saturated heterocycles. The standard InChI is InChI=1S/C20H26N2O4S/c1-4-26-20-10-9-19(15-16(20)2)27(23,24)22-13-11-21(12-14-22)17-5-7-18(25-3)8-6-17/h5-10,15H,4,11-14H2,1-3H3. The molecule has 0 atom stereocenters. The van der Waals surface area contributed by atoms with Crippen molar-refractivity contribution in [1.29, 1.82) is 0 Å². The van der Waals surface area contributed by atoms with Crippen LogP contribution in [-0.2, 0) is 10.0 Å². The molecule has 0 saturated carbocycles. The van der Waals surface area contributed by atoms with Gasteiger partial charge in [-0.05, 0) is 61.9 Å². The van der Waals surface area contributed by atoms with Gasteiger partial charge in [0, 0.05) is 31.9 Å². The molecule has 0 aliphatic carbocycles. The number of rotatable bonds is 6. The van der Waals surface area contributed by atoms with Crippen LogP contribution in [-0.4, -0.2) is 52.6 Å². The summed E-state index contributed by atoms with van der Waals surface area (Å²) in [7, 11) is -1.86. The van der Waals surface area contributed by atoms with Gasteiger partial charge in [0.2, 0.25) is 10.0 Å². The first-order chi connectivity index (χ1) is 13.0. The lowest BCUT2D eigenvalue weighted by Crippen LogP contribution is -2.48. The second-order valence-electron chi connectivity index (χ2n) is 6.45. The Balaban J connectivity index is 1.69. The highest BCUT2D eigenvalue weighted by atomic mass is 32.2. The van der Waals surface area contributed by atoms with Crippen molar-refractivity contribution >= 4 is 15.7 Å². The quantitative estimate of drug-likeness (QED) is 0.759. The summed E-state index contributed by atoms with van der Waals surface area (Å²) in [6, 6.07) is 12.9. The average molecular weight is 391 g/mol. The van der Waals surface area contributed by atoms with Crippen molar-refractivity contribution in [2.75, 3.05) is 44.8 Å². The lowest BCUT2D eigenvalue weighted by molar-refractivity contribution is 0.337. The predicted octanol–water partition coefficient (Wildman–Crippen LogP) is 2.91. The number of sulfonamides is 1. The average Bonchev–Trinajstić information content (AvgIpc) is 2.70. The lowest BCUT2D eigenvalue weighted by atomic mass is 10.2. The molecule has 0 aromatic heterocycles. The molecule has 1 aliphatic rings. The van der Waals surface area contributed by atoms with E-state index in [9.17, 15) is 8.42 Å². The Labute approximate surface area is 161 Å². The zero-order valence-corrected chi connectivity index (χ0v) is 16.8. The largest absolute Gasteiger partial charge is 0.497 e. The van der Waals surface area contributed by atoms with Crippen LogP contribution in [0.15, 0.2) is 47.4 Å². The summed E-state index contributed by atoms with van der Waals surface area (Å²) in [5.74, 6) is 1.53. The molecule has 3 rings (SSSR count). The molecule has 0 N–H and O–H groups in total. The van der Waals surface area contributed by atoms with Crippen molar-refractivity contribution in [3.8, 4) is 11.5 Å². The number of nitrogens with zero attached hydrogens (tertiary/aromatic N) is 2. The third kappa shape index (κ3) is 4.20. The smallest absolute Gasteiger partial charge is 0.243 e. The van der Waals surface area contributed by atoms with Gasteiger partial charge in [0.1, 0.15) is 11.5 Å². The van der Waals surface area contributed by atoms with Gasteiger partial charge >= 0.3 is 0 Å². The minimum absolute atomic E-state index is 0.321. The van der Waals surface area contributed by atoms with Crippen LogP contribution in [0, 0.1) is 6.92 Å². The number of anilines is 1. The summed E-state index contributed by atoms with van der Waals surface area (Å²) in [6.07, 6.45) is 0. The van der Waals surface area contributed by atoms with E-state index in [0.717, 1.165) is 22.7 Å². The fourth-order valence-electron chi connectivity index (χ4n) is 3.23. The molecule has 2 aromatic rings. The van der Waals surface area contributed by atoms with E-state index in [1.54, 1.807) is 29.6 Å². The van der Waals surface area contributed by atoms with Crippen LogP contribution in [0.1, 0.15) is 12.5 Å². The molecule has 27 heavy (non-hydrogen) atoms. The molecule has 0 unspecified atom stereocenters. The van der Waals surface area contributed by atoms with E-state index >= 15 is 0 Å². The summed E-state index contributed by atoms with van der Waals surface area (Å²) in [6.45, 7) is 6.56. The van der Waals surface area contributed by atoms with Gasteiger partial charge in [-0.25, -0.2) is 8.42 Å². The third-order valence-electron chi connectivity index (χ3n) is 4.76. The van der Waals surface area contributed by atoms with E-state index in [2.05, 4.69) is 4.90 Å². The van der Waals surface area contributed by atoms with Crippen LogP contribution in [0.4, 0.5) is 5.69 Å². The molecule has 1 aliphatic heterocycles. The summed E-state index contributed by atoms with van der Waals surface area (Å²) in [4.78, 5) is 2.51. The van der Waals surface area contributed by atoms with E-state index in [4.69, 9.17) is 9.47 Å². The van der Waals surface area contributed by atoms with E-state index in [1.807, 2.05) is 38.1 Å². The Morgan fingerprint density at radius 1 is 1.00 bits per heavy atom. The number of aryl methyl sites for hydroxylation is 1. The molecule has 0 spiro atoms. The number of hydrogen-bond acceptors (Lipinski definition) is 5. The van der Waals surface area contributed by atoms with Gasteiger partial charge in [0.05, 0.1) is 18.6 Å². The van der Waals surface area contributed by atoms with Crippen molar-refractivity contribution in [3.63, 3.8) is 0 Å². The Kier molecular flexibility index (Phi) is 5.92. The molecule has 0 radical (unpaired) electrons.